The Labute approximate surface area is 108 Å². The van der Waals surface area contributed by atoms with Crippen LogP contribution in [0.5, 0.6) is 0 Å². The third-order valence-corrected chi connectivity index (χ3v) is 3.53. The molecule has 1 N–H and O–H groups in total. The summed E-state index contributed by atoms with van der Waals surface area (Å²) < 4.78 is 10.4. The van der Waals surface area contributed by atoms with Crippen LogP contribution in [0.25, 0.3) is 0 Å². The van der Waals surface area contributed by atoms with E-state index in [9.17, 15) is 9.59 Å². The van der Waals surface area contributed by atoms with Crippen LogP contribution in [0.15, 0.2) is 0 Å². The Morgan fingerprint density at radius 3 is 2.22 bits per heavy atom. The van der Waals surface area contributed by atoms with Crippen LogP contribution in [0.2, 0.25) is 0 Å². The van der Waals surface area contributed by atoms with E-state index in [0.717, 1.165) is 12.7 Å². The fourth-order valence-corrected chi connectivity index (χ4v) is 2.02. The molecule has 5 heteroatoms. The minimum absolute atomic E-state index is 0.328. The van der Waals surface area contributed by atoms with E-state index in [-0.39, 0.29) is 5.41 Å². The molecule has 1 amide bonds. The number of amides is 1. The summed E-state index contributed by atoms with van der Waals surface area (Å²) in [4.78, 5) is 23.2. The van der Waals surface area contributed by atoms with Gasteiger partial charge in [-0.25, -0.2) is 4.79 Å². The second kappa shape index (κ2) is 4.88. The Morgan fingerprint density at radius 1 is 1.39 bits per heavy atom. The number of nitrogens with one attached hydrogen (secondary N) is 1. The van der Waals surface area contributed by atoms with E-state index in [4.69, 9.17) is 9.47 Å². The molecule has 104 valence electrons. The minimum atomic E-state index is -0.956. The van der Waals surface area contributed by atoms with Crippen molar-refractivity contribution in [2.45, 2.75) is 52.2 Å². The van der Waals surface area contributed by atoms with Gasteiger partial charge in [-0.1, -0.05) is 6.92 Å². The molecular weight excluding hydrogens is 234 g/mol. The van der Waals surface area contributed by atoms with Crippen molar-refractivity contribution < 1.29 is 19.1 Å². The van der Waals surface area contributed by atoms with Gasteiger partial charge in [0.25, 0.3) is 0 Å². The molecule has 1 fully saturated rings. The first-order chi connectivity index (χ1) is 8.18. The number of ether oxygens (including phenoxy) is 2. The summed E-state index contributed by atoms with van der Waals surface area (Å²) in [7, 11) is 0. The first-order valence-corrected chi connectivity index (χ1v) is 6.23. The molecular formula is C13H23NO4. The lowest BCUT2D eigenvalue weighted by atomic mass is 9.67. The molecule has 1 heterocycles. The highest BCUT2D eigenvalue weighted by molar-refractivity contribution is 5.77. The van der Waals surface area contributed by atoms with Crippen molar-refractivity contribution in [3.05, 3.63) is 0 Å². The Kier molecular flexibility index (Phi) is 4.05. The Morgan fingerprint density at radius 2 is 1.94 bits per heavy atom. The van der Waals surface area contributed by atoms with Gasteiger partial charge in [-0.15, -0.1) is 0 Å². The molecule has 18 heavy (non-hydrogen) atoms. The number of hydrogen-bond acceptors (Lipinski definition) is 4. The van der Waals surface area contributed by atoms with Crippen molar-refractivity contribution in [1.82, 2.24) is 5.32 Å². The van der Waals surface area contributed by atoms with Gasteiger partial charge in [0, 0.05) is 5.41 Å². The molecule has 1 saturated heterocycles. The Balaban J connectivity index is 2.77. The molecule has 1 aliphatic rings. The quantitative estimate of drug-likeness (QED) is 0.781. The van der Waals surface area contributed by atoms with Crippen molar-refractivity contribution >= 4 is 12.4 Å². The third kappa shape index (κ3) is 2.83. The fourth-order valence-electron chi connectivity index (χ4n) is 2.02. The van der Waals surface area contributed by atoms with Gasteiger partial charge in [-0.2, -0.15) is 0 Å². The van der Waals surface area contributed by atoms with E-state index >= 15 is 0 Å². The highest BCUT2D eigenvalue weighted by Crippen LogP contribution is 2.41. The third-order valence-electron chi connectivity index (χ3n) is 3.53. The van der Waals surface area contributed by atoms with Gasteiger partial charge in [0.05, 0.1) is 13.2 Å². The number of carbonyl (C=O) groups is 2. The molecule has 0 aromatic heterocycles. The SMILES string of the molecule is CCC1(C(C)(C=O)NC(=O)OC(C)(C)C)COC1. The highest BCUT2D eigenvalue weighted by atomic mass is 16.6. The van der Waals surface area contributed by atoms with Crippen LogP contribution in [0.1, 0.15) is 41.0 Å². The maximum Gasteiger partial charge on any atom is 0.408 e. The van der Waals surface area contributed by atoms with Crippen LogP contribution in [0.3, 0.4) is 0 Å². The van der Waals surface area contributed by atoms with Gasteiger partial charge < -0.3 is 19.6 Å². The number of hydrogen-bond donors (Lipinski definition) is 1. The van der Waals surface area contributed by atoms with E-state index < -0.39 is 17.2 Å². The minimum Gasteiger partial charge on any atom is -0.444 e. The monoisotopic (exact) mass is 257 g/mol. The first kappa shape index (κ1) is 15.0. The van der Waals surface area contributed by atoms with E-state index in [1.807, 2.05) is 6.92 Å². The van der Waals surface area contributed by atoms with Crippen LogP contribution in [-0.4, -0.2) is 36.7 Å². The van der Waals surface area contributed by atoms with Crippen LogP contribution >= 0.6 is 0 Å². The second-order valence-electron chi connectivity index (χ2n) is 6.07. The van der Waals surface area contributed by atoms with Crippen molar-refractivity contribution in [2.24, 2.45) is 5.41 Å². The molecule has 1 aliphatic heterocycles. The van der Waals surface area contributed by atoms with Gasteiger partial charge >= 0.3 is 6.09 Å². The van der Waals surface area contributed by atoms with Crippen molar-refractivity contribution in [1.29, 1.82) is 0 Å². The van der Waals surface area contributed by atoms with Gasteiger partial charge in [0.1, 0.15) is 17.4 Å². The molecule has 0 aromatic carbocycles. The highest BCUT2D eigenvalue weighted by Gasteiger charge is 2.53. The predicted molar refractivity (Wildman–Crippen MR) is 67.4 cm³/mol. The number of aldehydes is 1. The zero-order valence-electron chi connectivity index (χ0n) is 11.8. The van der Waals surface area contributed by atoms with E-state index in [1.165, 1.54) is 0 Å². The lowest BCUT2D eigenvalue weighted by molar-refractivity contribution is -0.164. The normalized spacial score (nSPS) is 21.4. The van der Waals surface area contributed by atoms with Crippen LogP contribution in [-0.2, 0) is 14.3 Å². The first-order valence-electron chi connectivity index (χ1n) is 6.23. The van der Waals surface area contributed by atoms with Gasteiger partial charge in [-0.05, 0) is 34.1 Å². The van der Waals surface area contributed by atoms with Gasteiger partial charge in [0.15, 0.2) is 0 Å². The van der Waals surface area contributed by atoms with E-state index in [1.54, 1.807) is 27.7 Å². The zero-order chi connectivity index (χ0) is 14.0. The van der Waals surface area contributed by atoms with E-state index in [2.05, 4.69) is 5.32 Å². The lowest BCUT2D eigenvalue weighted by Gasteiger charge is -2.50. The molecule has 0 radical (unpaired) electrons. The average Bonchev–Trinajstić information content (AvgIpc) is 2.13. The molecule has 0 bridgehead atoms. The fraction of sp³-hybridized carbons (Fsp3) is 0.846. The summed E-state index contributed by atoms with van der Waals surface area (Å²) in [5.41, 5.74) is -1.86. The second-order valence-corrected chi connectivity index (χ2v) is 6.07. The lowest BCUT2D eigenvalue weighted by Crippen LogP contribution is -2.67. The number of rotatable bonds is 4. The van der Waals surface area contributed by atoms with Gasteiger partial charge in [0.2, 0.25) is 0 Å². The summed E-state index contributed by atoms with van der Waals surface area (Å²) >= 11 is 0. The summed E-state index contributed by atoms with van der Waals surface area (Å²) in [6, 6.07) is 0. The standard InChI is InChI=1S/C13H23NO4/c1-6-13(8-17-9-13)12(5,7-15)14-10(16)18-11(2,3)4/h7H,6,8-9H2,1-5H3,(H,14,16). The molecule has 5 nitrogen and oxygen atoms in total. The zero-order valence-corrected chi connectivity index (χ0v) is 11.8. The summed E-state index contributed by atoms with van der Waals surface area (Å²) in [5.74, 6) is 0. The van der Waals surface area contributed by atoms with Gasteiger partial charge in [-0.3, -0.25) is 0 Å². The maximum absolute atomic E-state index is 11.8. The van der Waals surface area contributed by atoms with Crippen LogP contribution in [0.4, 0.5) is 4.79 Å². The summed E-state index contributed by atoms with van der Waals surface area (Å²) in [5, 5.41) is 2.68. The molecule has 0 aromatic rings. The van der Waals surface area contributed by atoms with E-state index in [0.29, 0.717) is 13.2 Å². The number of carbonyl (C=O) groups excluding carboxylic acids is 2. The largest absolute Gasteiger partial charge is 0.444 e. The Hall–Kier alpha value is -1.10. The van der Waals surface area contributed by atoms with Crippen LogP contribution < -0.4 is 5.32 Å². The summed E-state index contributed by atoms with van der Waals surface area (Å²) in [6.45, 7) is 10.0. The molecule has 0 saturated carbocycles. The Bertz CT molecular complexity index is 325. The topological polar surface area (TPSA) is 64.6 Å². The molecule has 0 spiro atoms. The maximum atomic E-state index is 11.8. The molecule has 1 atom stereocenters. The van der Waals surface area contributed by atoms with Crippen molar-refractivity contribution in [2.75, 3.05) is 13.2 Å². The van der Waals surface area contributed by atoms with Crippen molar-refractivity contribution in [3.8, 4) is 0 Å². The smallest absolute Gasteiger partial charge is 0.408 e. The predicted octanol–water partition coefficient (Wildman–Crippen LogP) is 1.90. The average molecular weight is 257 g/mol. The van der Waals surface area contributed by atoms with Crippen molar-refractivity contribution in [3.63, 3.8) is 0 Å². The van der Waals surface area contributed by atoms with Crippen LogP contribution in [0, 0.1) is 5.41 Å². The molecule has 0 aliphatic carbocycles. The molecule has 1 unspecified atom stereocenters. The summed E-state index contributed by atoms with van der Waals surface area (Å²) in [6.07, 6.45) is 0.970. The molecule has 1 rings (SSSR count). The number of alkyl carbamates (subject to hydrolysis) is 1.